The van der Waals surface area contributed by atoms with E-state index in [0.717, 1.165) is 6.42 Å². The first-order valence-electron chi connectivity index (χ1n) is 11.9. The van der Waals surface area contributed by atoms with E-state index in [1.165, 1.54) is 12.1 Å². The highest BCUT2D eigenvalue weighted by molar-refractivity contribution is 7.89. The molecule has 34 heavy (non-hydrogen) atoms. The van der Waals surface area contributed by atoms with Crippen molar-refractivity contribution in [2.45, 2.75) is 44.6 Å². The highest BCUT2D eigenvalue weighted by Gasteiger charge is 2.32. The van der Waals surface area contributed by atoms with Crippen molar-refractivity contribution in [1.82, 2.24) is 14.5 Å². The number of amides is 2. The van der Waals surface area contributed by atoms with E-state index < -0.39 is 10.0 Å². The van der Waals surface area contributed by atoms with Crippen molar-refractivity contribution in [2.24, 2.45) is 17.8 Å². The number of sulfonamides is 1. The zero-order chi connectivity index (χ0) is 24.3. The Labute approximate surface area is 201 Å². The third-order valence-corrected chi connectivity index (χ3v) is 8.59. The molecule has 2 amide bonds. The van der Waals surface area contributed by atoms with Crippen LogP contribution in [0.5, 0.6) is 0 Å². The van der Waals surface area contributed by atoms with Gasteiger partial charge in [0.05, 0.1) is 17.7 Å². The zero-order valence-corrected chi connectivity index (χ0v) is 20.6. The molecule has 9 heteroatoms. The molecule has 0 spiro atoms. The van der Waals surface area contributed by atoms with Gasteiger partial charge >= 0.3 is 0 Å². The second-order valence-electron chi connectivity index (χ2n) is 9.66. The van der Waals surface area contributed by atoms with Crippen LogP contribution in [0.15, 0.2) is 52.0 Å². The molecule has 2 saturated heterocycles. The average molecular weight is 488 g/mol. The van der Waals surface area contributed by atoms with Gasteiger partial charge in [-0.15, -0.1) is 0 Å². The number of nitrogens with zero attached hydrogens (tertiary/aromatic N) is 2. The lowest BCUT2D eigenvalue weighted by Crippen LogP contribution is -2.43. The van der Waals surface area contributed by atoms with Gasteiger partial charge in [0, 0.05) is 37.7 Å². The minimum Gasteiger partial charge on any atom is -0.467 e. The maximum Gasteiger partial charge on any atom is 0.253 e. The fraction of sp³-hybridized carbons (Fsp3) is 0.520. The molecule has 1 aromatic heterocycles. The molecule has 2 aliphatic rings. The quantitative estimate of drug-likeness (QED) is 0.675. The third kappa shape index (κ3) is 5.52. The van der Waals surface area contributed by atoms with Crippen molar-refractivity contribution in [3.05, 3.63) is 54.0 Å². The summed E-state index contributed by atoms with van der Waals surface area (Å²) in [7, 11) is -3.58. The molecule has 2 unspecified atom stereocenters. The molecule has 2 aromatic rings. The van der Waals surface area contributed by atoms with Crippen molar-refractivity contribution in [3.63, 3.8) is 0 Å². The highest BCUT2D eigenvalue weighted by atomic mass is 32.2. The van der Waals surface area contributed by atoms with Gasteiger partial charge in [-0.3, -0.25) is 9.59 Å². The normalized spacial score (nSPS) is 22.5. The lowest BCUT2D eigenvalue weighted by molar-refractivity contribution is -0.126. The SMILES string of the molecule is CC1CC(C)CN(S(=O)(=O)c2ccc(C(=O)N3CCC(C(=O)NCc4ccco4)CC3)cc2)C1. The topological polar surface area (TPSA) is 99.9 Å². The maximum atomic E-state index is 13.1. The molecule has 4 rings (SSSR count). The average Bonchev–Trinajstić information content (AvgIpc) is 3.35. The van der Waals surface area contributed by atoms with E-state index in [9.17, 15) is 18.0 Å². The number of furan rings is 1. The van der Waals surface area contributed by atoms with Gasteiger partial charge in [0.25, 0.3) is 5.91 Å². The summed E-state index contributed by atoms with van der Waals surface area (Å²) in [5.74, 6) is 1.05. The highest BCUT2D eigenvalue weighted by Crippen LogP contribution is 2.27. The second kappa shape index (κ2) is 10.3. The van der Waals surface area contributed by atoms with Crippen LogP contribution in [0.25, 0.3) is 0 Å². The molecule has 3 heterocycles. The summed E-state index contributed by atoms with van der Waals surface area (Å²) in [5, 5.41) is 2.89. The van der Waals surface area contributed by atoms with Crippen LogP contribution in [0.4, 0.5) is 0 Å². The fourth-order valence-electron chi connectivity index (χ4n) is 4.98. The molecule has 1 N–H and O–H groups in total. The Hall–Kier alpha value is -2.65. The first kappa shape index (κ1) is 24.5. The molecular weight excluding hydrogens is 454 g/mol. The predicted molar refractivity (Wildman–Crippen MR) is 127 cm³/mol. The lowest BCUT2D eigenvalue weighted by Gasteiger charge is -2.34. The van der Waals surface area contributed by atoms with Crippen LogP contribution in [0.2, 0.25) is 0 Å². The molecule has 0 radical (unpaired) electrons. The third-order valence-electron chi connectivity index (χ3n) is 6.74. The van der Waals surface area contributed by atoms with Gasteiger partial charge in [0.2, 0.25) is 15.9 Å². The van der Waals surface area contributed by atoms with Gasteiger partial charge in [-0.2, -0.15) is 4.31 Å². The van der Waals surface area contributed by atoms with Crippen molar-refractivity contribution >= 4 is 21.8 Å². The van der Waals surface area contributed by atoms with E-state index in [1.807, 2.05) is 6.07 Å². The summed E-state index contributed by atoms with van der Waals surface area (Å²) in [6, 6.07) is 9.83. The molecule has 2 atom stereocenters. The molecule has 2 aliphatic heterocycles. The molecule has 0 bridgehead atoms. The number of piperidine rings is 2. The van der Waals surface area contributed by atoms with Gasteiger partial charge in [-0.05, 0) is 67.5 Å². The Morgan fingerprint density at radius 1 is 1.03 bits per heavy atom. The Balaban J connectivity index is 1.32. The molecule has 0 saturated carbocycles. The minimum atomic E-state index is -3.58. The number of hydrogen-bond acceptors (Lipinski definition) is 5. The molecule has 0 aliphatic carbocycles. The summed E-state index contributed by atoms with van der Waals surface area (Å²) in [4.78, 5) is 27.3. The van der Waals surface area contributed by atoms with Gasteiger partial charge < -0.3 is 14.6 Å². The van der Waals surface area contributed by atoms with Crippen molar-refractivity contribution in [1.29, 1.82) is 0 Å². The van der Waals surface area contributed by atoms with Gasteiger partial charge in [0.1, 0.15) is 5.76 Å². The Morgan fingerprint density at radius 2 is 1.68 bits per heavy atom. The number of hydrogen-bond donors (Lipinski definition) is 1. The molecule has 184 valence electrons. The summed E-state index contributed by atoms with van der Waals surface area (Å²) in [6.07, 6.45) is 3.78. The van der Waals surface area contributed by atoms with Crippen LogP contribution in [0.3, 0.4) is 0 Å². The van der Waals surface area contributed by atoms with Gasteiger partial charge in [-0.25, -0.2) is 8.42 Å². The molecule has 1 aromatic carbocycles. The first-order valence-corrected chi connectivity index (χ1v) is 13.4. The molecule has 8 nitrogen and oxygen atoms in total. The minimum absolute atomic E-state index is 0.0283. The van der Waals surface area contributed by atoms with Crippen LogP contribution in [0, 0.1) is 17.8 Å². The number of nitrogens with one attached hydrogen (secondary N) is 1. The second-order valence-corrected chi connectivity index (χ2v) is 11.6. The number of carbonyl (C=O) groups excluding carboxylic acids is 2. The Morgan fingerprint density at radius 3 is 2.26 bits per heavy atom. The number of rotatable bonds is 6. The zero-order valence-electron chi connectivity index (χ0n) is 19.8. The predicted octanol–water partition coefficient (Wildman–Crippen LogP) is 3.11. The van der Waals surface area contributed by atoms with Crippen molar-refractivity contribution in [2.75, 3.05) is 26.2 Å². The standard InChI is InChI=1S/C25H33N3O5S/c1-18-14-19(2)17-28(16-18)34(31,32)23-7-5-21(6-8-23)25(30)27-11-9-20(10-12-27)24(29)26-15-22-4-3-13-33-22/h3-8,13,18-20H,9-12,14-17H2,1-2H3,(H,26,29). The van der Waals surface area contributed by atoms with E-state index in [2.05, 4.69) is 19.2 Å². The number of benzene rings is 1. The van der Waals surface area contributed by atoms with Crippen LogP contribution in [0.1, 0.15) is 49.2 Å². The largest absolute Gasteiger partial charge is 0.467 e. The summed E-state index contributed by atoms with van der Waals surface area (Å²) < 4.78 is 32.9. The van der Waals surface area contributed by atoms with E-state index in [4.69, 9.17) is 4.42 Å². The van der Waals surface area contributed by atoms with E-state index in [1.54, 1.807) is 33.7 Å². The smallest absolute Gasteiger partial charge is 0.253 e. The summed E-state index contributed by atoms with van der Waals surface area (Å²) >= 11 is 0. The van der Waals surface area contributed by atoms with E-state index in [-0.39, 0.29) is 22.6 Å². The Kier molecular flexibility index (Phi) is 7.42. The monoisotopic (exact) mass is 487 g/mol. The van der Waals surface area contributed by atoms with Crippen LogP contribution in [-0.2, 0) is 21.4 Å². The summed E-state index contributed by atoms with van der Waals surface area (Å²) in [6.45, 7) is 6.53. The van der Waals surface area contributed by atoms with Crippen LogP contribution >= 0.6 is 0 Å². The molecular formula is C25H33N3O5S. The fourth-order valence-corrected chi connectivity index (χ4v) is 6.66. The van der Waals surface area contributed by atoms with Gasteiger partial charge in [0.15, 0.2) is 0 Å². The van der Waals surface area contributed by atoms with E-state index in [0.29, 0.717) is 68.7 Å². The van der Waals surface area contributed by atoms with Crippen molar-refractivity contribution in [3.8, 4) is 0 Å². The maximum absolute atomic E-state index is 13.1. The first-order chi connectivity index (χ1) is 16.2. The van der Waals surface area contributed by atoms with Crippen molar-refractivity contribution < 1.29 is 22.4 Å². The van der Waals surface area contributed by atoms with Crippen LogP contribution < -0.4 is 5.32 Å². The Bertz CT molecular complexity index is 1080. The van der Waals surface area contributed by atoms with Crippen LogP contribution in [-0.4, -0.2) is 55.6 Å². The van der Waals surface area contributed by atoms with E-state index >= 15 is 0 Å². The van der Waals surface area contributed by atoms with Gasteiger partial charge in [-0.1, -0.05) is 13.8 Å². The summed E-state index contributed by atoms with van der Waals surface area (Å²) in [5.41, 5.74) is 0.458. The number of likely N-dealkylation sites (tertiary alicyclic amines) is 1. The molecule has 2 fully saturated rings. The lowest BCUT2D eigenvalue weighted by atomic mass is 9.94. The number of carbonyl (C=O) groups is 2.